The van der Waals surface area contributed by atoms with Crippen molar-refractivity contribution < 1.29 is 0 Å². The zero-order valence-corrected chi connectivity index (χ0v) is 11.2. The number of nitrogens with zero attached hydrogens (tertiary/aromatic N) is 4. The Morgan fingerprint density at radius 2 is 2.11 bits per heavy atom. The second-order valence-electron chi connectivity index (χ2n) is 5.55. The predicted molar refractivity (Wildman–Crippen MR) is 73.7 cm³/mol. The van der Waals surface area contributed by atoms with E-state index in [1.807, 2.05) is 10.6 Å². The molecule has 6 nitrogen and oxygen atoms in total. The summed E-state index contributed by atoms with van der Waals surface area (Å²) >= 11 is 0. The summed E-state index contributed by atoms with van der Waals surface area (Å²) in [5, 5.41) is 6.77. The lowest BCUT2D eigenvalue weighted by Crippen LogP contribution is -2.16. The number of imidazole rings is 1. The van der Waals surface area contributed by atoms with Gasteiger partial charge in [0.1, 0.15) is 22.9 Å². The first-order valence-electron chi connectivity index (χ1n) is 6.10. The van der Waals surface area contributed by atoms with E-state index in [1.54, 1.807) is 18.6 Å². The SMILES string of the molecule is CC(C)(C)c1nc(-c2cn[nH]c2)c2c(N)nccn12. The van der Waals surface area contributed by atoms with Crippen molar-refractivity contribution in [2.24, 2.45) is 0 Å². The third kappa shape index (κ3) is 1.76. The van der Waals surface area contributed by atoms with Crippen LogP contribution in [0, 0.1) is 0 Å². The first-order valence-corrected chi connectivity index (χ1v) is 6.10. The van der Waals surface area contributed by atoms with Crippen molar-refractivity contribution in [3.63, 3.8) is 0 Å². The van der Waals surface area contributed by atoms with Gasteiger partial charge in [0.05, 0.1) is 6.20 Å². The highest BCUT2D eigenvalue weighted by Gasteiger charge is 2.24. The Bertz CT molecular complexity index is 718. The van der Waals surface area contributed by atoms with Gasteiger partial charge in [0.25, 0.3) is 0 Å². The van der Waals surface area contributed by atoms with Crippen molar-refractivity contribution in [3.8, 4) is 11.3 Å². The van der Waals surface area contributed by atoms with E-state index in [0.29, 0.717) is 5.82 Å². The fraction of sp³-hybridized carbons (Fsp3) is 0.308. The smallest absolute Gasteiger partial charge is 0.150 e. The molecule has 6 heteroatoms. The Morgan fingerprint density at radius 1 is 1.32 bits per heavy atom. The Labute approximate surface area is 110 Å². The van der Waals surface area contributed by atoms with Crippen LogP contribution in [-0.4, -0.2) is 24.6 Å². The van der Waals surface area contributed by atoms with Gasteiger partial charge in [0.15, 0.2) is 0 Å². The van der Waals surface area contributed by atoms with E-state index in [9.17, 15) is 0 Å². The number of hydrogen-bond acceptors (Lipinski definition) is 4. The van der Waals surface area contributed by atoms with Crippen LogP contribution in [0.4, 0.5) is 5.82 Å². The maximum atomic E-state index is 6.02. The number of nitrogen functional groups attached to an aromatic ring is 1. The van der Waals surface area contributed by atoms with E-state index in [1.165, 1.54) is 0 Å². The number of rotatable bonds is 1. The van der Waals surface area contributed by atoms with Crippen LogP contribution < -0.4 is 5.73 Å². The Balaban J connectivity index is 2.41. The van der Waals surface area contributed by atoms with Gasteiger partial charge in [0, 0.05) is 29.6 Å². The number of H-pyrrole nitrogens is 1. The minimum absolute atomic E-state index is 0.0846. The number of hydrogen-bond donors (Lipinski definition) is 2. The molecule has 0 aliphatic carbocycles. The number of aromatic amines is 1. The quantitative estimate of drug-likeness (QED) is 0.697. The van der Waals surface area contributed by atoms with Crippen molar-refractivity contribution in [2.45, 2.75) is 26.2 Å². The third-order valence-corrected chi connectivity index (χ3v) is 3.03. The van der Waals surface area contributed by atoms with Gasteiger partial charge in [-0.25, -0.2) is 9.97 Å². The minimum Gasteiger partial charge on any atom is -0.382 e. The highest BCUT2D eigenvalue weighted by molar-refractivity contribution is 5.84. The van der Waals surface area contributed by atoms with Crippen LogP contribution in [-0.2, 0) is 5.41 Å². The van der Waals surface area contributed by atoms with Crippen molar-refractivity contribution in [2.75, 3.05) is 5.73 Å². The Morgan fingerprint density at radius 3 is 2.74 bits per heavy atom. The summed E-state index contributed by atoms with van der Waals surface area (Å²) in [6.07, 6.45) is 7.13. The fourth-order valence-corrected chi connectivity index (χ4v) is 2.17. The van der Waals surface area contributed by atoms with Crippen LogP contribution in [0.5, 0.6) is 0 Å². The van der Waals surface area contributed by atoms with Gasteiger partial charge < -0.3 is 5.73 Å². The molecule has 98 valence electrons. The van der Waals surface area contributed by atoms with Crippen molar-refractivity contribution >= 4 is 11.3 Å². The largest absolute Gasteiger partial charge is 0.382 e. The van der Waals surface area contributed by atoms with Crippen LogP contribution in [0.2, 0.25) is 0 Å². The second-order valence-corrected chi connectivity index (χ2v) is 5.55. The molecule has 3 rings (SSSR count). The van der Waals surface area contributed by atoms with Crippen molar-refractivity contribution in [1.82, 2.24) is 24.6 Å². The van der Waals surface area contributed by atoms with E-state index < -0.39 is 0 Å². The number of aromatic nitrogens is 5. The molecule has 0 bridgehead atoms. The van der Waals surface area contributed by atoms with Gasteiger partial charge in [-0.15, -0.1) is 0 Å². The maximum Gasteiger partial charge on any atom is 0.150 e. The zero-order chi connectivity index (χ0) is 13.6. The highest BCUT2D eigenvalue weighted by Crippen LogP contribution is 2.31. The van der Waals surface area contributed by atoms with Gasteiger partial charge in [-0.2, -0.15) is 5.10 Å². The summed E-state index contributed by atoms with van der Waals surface area (Å²) in [7, 11) is 0. The predicted octanol–water partition coefficient (Wildman–Crippen LogP) is 2.00. The minimum atomic E-state index is -0.0846. The van der Waals surface area contributed by atoms with E-state index in [4.69, 9.17) is 10.7 Å². The van der Waals surface area contributed by atoms with Crippen molar-refractivity contribution in [3.05, 3.63) is 30.6 Å². The second kappa shape index (κ2) is 3.81. The molecule has 0 fully saturated rings. The zero-order valence-electron chi connectivity index (χ0n) is 11.2. The molecule has 0 aliphatic heterocycles. The molecule has 3 N–H and O–H groups in total. The van der Waals surface area contributed by atoms with E-state index >= 15 is 0 Å². The van der Waals surface area contributed by atoms with Crippen LogP contribution in [0.25, 0.3) is 16.8 Å². The Hall–Kier alpha value is -2.37. The van der Waals surface area contributed by atoms with E-state index in [-0.39, 0.29) is 5.41 Å². The lowest BCUT2D eigenvalue weighted by atomic mass is 9.96. The molecule has 0 saturated carbocycles. The number of nitrogens with two attached hydrogens (primary N) is 1. The first kappa shape index (κ1) is 11.7. The molecule has 0 spiro atoms. The molecule has 19 heavy (non-hydrogen) atoms. The number of anilines is 1. The molecular weight excluding hydrogens is 240 g/mol. The van der Waals surface area contributed by atoms with Crippen LogP contribution >= 0.6 is 0 Å². The standard InChI is InChI=1S/C13H16N6/c1-13(2,3)12-18-9(8-6-16-17-7-8)10-11(14)15-4-5-19(10)12/h4-7H,1-3H3,(H2,14,15)(H,16,17). The van der Waals surface area contributed by atoms with Gasteiger partial charge in [-0.1, -0.05) is 20.8 Å². The number of fused-ring (bicyclic) bond motifs is 1. The molecule has 3 heterocycles. The van der Waals surface area contributed by atoms with Gasteiger partial charge in [-0.3, -0.25) is 9.50 Å². The highest BCUT2D eigenvalue weighted by atomic mass is 15.1. The normalized spacial score (nSPS) is 12.2. The molecule has 0 aliphatic rings. The summed E-state index contributed by atoms with van der Waals surface area (Å²) in [5.74, 6) is 1.43. The topological polar surface area (TPSA) is 84.9 Å². The summed E-state index contributed by atoms with van der Waals surface area (Å²) in [6.45, 7) is 6.37. The molecule has 0 amide bonds. The molecule has 0 atom stereocenters. The lowest BCUT2D eigenvalue weighted by molar-refractivity contribution is 0.543. The van der Waals surface area contributed by atoms with Crippen LogP contribution in [0.3, 0.4) is 0 Å². The molecular formula is C13H16N6. The third-order valence-electron chi connectivity index (χ3n) is 3.03. The average molecular weight is 256 g/mol. The number of nitrogens with one attached hydrogen (secondary N) is 1. The summed E-state index contributed by atoms with van der Waals surface area (Å²) in [4.78, 5) is 8.91. The maximum absolute atomic E-state index is 6.02. The van der Waals surface area contributed by atoms with Gasteiger partial charge in [-0.05, 0) is 0 Å². The molecule has 0 unspecified atom stereocenters. The lowest BCUT2D eigenvalue weighted by Gasteiger charge is -2.16. The van der Waals surface area contributed by atoms with Gasteiger partial charge in [0.2, 0.25) is 0 Å². The van der Waals surface area contributed by atoms with E-state index in [2.05, 4.69) is 36.0 Å². The van der Waals surface area contributed by atoms with Gasteiger partial charge >= 0.3 is 0 Å². The average Bonchev–Trinajstić information content (AvgIpc) is 2.94. The molecule has 0 radical (unpaired) electrons. The van der Waals surface area contributed by atoms with E-state index in [0.717, 1.165) is 22.6 Å². The van der Waals surface area contributed by atoms with Crippen LogP contribution in [0.1, 0.15) is 26.6 Å². The monoisotopic (exact) mass is 256 g/mol. The summed E-state index contributed by atoms with van der Waals surface area (Å²) in [5.41, 5.74) is 8.48. The first-order chi connectivity index (χ1) is 8.98. The summed E-state index contributed by atoms with van der Waals surface area (Å²) < 4.78 is 2.00. The molecule has 0 aromatic carbocycles. The molecule has 3 aromatic heterocycles. The fourth-order valence-electron chi connectivity index (χ4n) is 2.17. The Kier molecular flexibility index (Phi) is 2.35. The van der Waals surface area contributed by atoms with Crippen LogP contribution in [0.15, 0.2) is 24.8 Å². The molecule has 0 saturated heterocycles. The van der Waals surface area contributed by atoms with Crippen molar-refractivity contribution in [1.29, 1.82) is 0 Å². The summed E-state index contributed by atoms with van der Waals surface area (Å²) in [6, 6.07) is 0. The molecule has 3 aromatic rings.